The Kier molecular flexibility index (Phi) is 9.55. The SMILES string of the molecule is CCOC(CCCCCCc1cc(F)cc(F)c1)(O[SiH3])OCC. The van der Waals surface area contributed by atoms with E-state index in [9.17, 15) is 8.78 Å². The van der Waals surface area contributed by atoms with Crippen LogP contribution in [0, 0.1) is 11.6 Å². The summed E-state index contributed by atoms with van der Waals surface area (Å²) in [6.45, 7) is 4.94. The highest BCUT2D eigenvalue weighted by atomic mass is 28.2. The van der Waals surface area contributed by atoms with E-state index in [1.54, 1.807) is 0 Å². The summed E-state index contributed by atoms with van der Waals surface area (Å²) in [7, 11) is 0.555. The van der Waals surface area contributed by atoms with Crippen LogP contribution in [0.5, 0.6) is 0 Å². The van der Waals surface area contributed by atoms with E-state index in [1.807, 2.05) is 13.8 Å². The van der Waals surface area contributed by atoms with E-state index in [1.165, 1.54) is 12.1 Å². The van der Waals surface area contributed by atoms with Gasteiger partial charge >= 0.3 is 0 Å². The Morgan fingerprint density at radius 2 is 1.48 bits per heavy atom. The number of aryl methyl sites for hydroxylation is 1. The third-order valence-corrected chi connectivity index (χ3v) is 4.28. The molecule has 0 aliphatic rings. The summed E-state index contributed by atoms with van der Waals surface area (Å²) in [4.78, 5) is 0. The lowest BCUT2D eigenvalue weighted by molar-refractivity contribution is -0.344. The second-order valence-corrected chi connectivity index (χ2v) is 5.85. The molecule has 0 unspecified atom stereocenters. The summed E-state index contributed by atoms with van der Waals surface area (Å²) in [6, 6.07) is 3.69. The van der Waals surface area contributed by atoms with Gasteiger partial charge in [-0.2, -0.15) is 0 Å². The zero-order chi connectivity index (χ0) is 17.1. The van der Waals surface area contributed by atoms with Gasteiger partial charge in [0.05, 0.1) is 0 Å². The van der Waals surface area contributed by atoms with E-state index in [0.717, 1.165) is 31.7 Å². The molecule has 0 radical (unpaired) electrons. The summed E-state index contributed by atoms with van der Waals surface area (Å²) < 4.78 is 43.0. The Morgan fingerprint density at radius 1 is 0.913 bits per heavy atom. The van der Waals surface area contributed by atoms with Crippen molar-refractivity contribution in [3.63, 3.8) is 0 Å². The van der Waals surface area contributed by atoms with Crippen LogP contribution in [-0.2, 0) is 20.3 Å². The molecule has 0 saturated carbocycles. The van der Waals surface area contributed by atoms with Crippen LogP contribution in [-0.4, -0.2) is 29.7 Å². The van der Waals surface area contributed by atoms with Crippen molar-refractivity contribution in [2.45, 2.75) is 58.3 Å². The molecule has 6 heteroatoms. The highest BCUT2D eigenvalue weighted by Crippen LogP contribution is 2.23. The number of ether oxygens (including phenoxy) is 2. The molecule has 1 rings (SSSR count). The first-order chi connectivity index (χ1) is 11.0. The molecular weight excluding hydrogens is 318 g/mol. The third kappa shape index (κ3) is 7.52. The fraction of sp³-hybridized carbons (Fsp3) is 0.647. The van der Waals surface area contributed by atoms with Gasteiger partial charge in [0.2, 0.25) is 0 Å². The zero-order valence-electron chi connectivity index (χ0n) is 14.4. The van der Waals surface area contributed by atoms with Crippen LogP contribution < -0.4 is 0 Å². The fourth-order valence-corrected chi connectivity index (χ4v) is 3.07. The predicted octanol–water partition coefficient (Wildman–Crippen LogP) is 3.48. The Hall–Kier alpha value is -0.823. The van der Waals surface area contributed by atoms with Gasteiger partial charge < -0.3 is 13.9 Å². The Balaban J connectivity index is 2.28. The van der Waals surface area contributed by atoms with Gasteiger partial charge in [0, 0.05) is 25.7 Å². The topological polar surface area (TPSA) is 27.7 Å². The number of benzene rings is 1. The lowest BCUT2D eigenvalue weighted by Gasteiger charge is -2.31. The van der Waals surface area contributed by atoms with E-state index in [2.05, 4.69) is 0 Å². The second kappa shape index (κ2) is 10.9. The van der Waals surface area contributed by atoms with Crippen LogP contribution >= 0.6 is 0 Å². The lowest BCUT2D eigenvalue weighted by Crippen LogP contribution is -2.38. The monoisotopic (exact) mass is 346 g/mol. The predicted molar refractivity (Wildman–Crippen MR) is 90.2 cm³/mol. The number of halogens is 2. The van der Waals surface area contributed by atoms with Crippen molar-refractivity contribution >= 4 is 10.5 Å². The molecule has 0 amide bonds. The smallest absolute Gasteiger partial charge is 0.272 e. The molecule has 23 heavy (non-hydrogen) atoms. The van der Waals surface area contributed by atoms with Crippen molar-refractivity contribution in [2.75, 3.05) is 13.2 Å². The van der Waals surface area contributed by atoms with Gasteiger partial charge in [0.1, 0.15) is 11.6 Å². The van der Waals surface area contributed by atoms with Gasteiger partial charge in [-0.05, 0) is 50.8 Å². The summed E-state index contributed by atoms with van der Waals surface area (Å²) >= 11 is 0. The Bertz CT molecular complexity index is 431. The third-order valence-electron chi connectivity index (χ3n) is 3.66. The summed E-state index contributed by atoms with van der Waals surface area (Å²) in [5.41, 5.74) is 0.711. The maximum atomic E-state index is 13.1. The molecular formula is C17H28F2O3Si. The molecule has 0 bridgehead atoms. The van der Waals surface area contributed by atoms with Crippen LogP contribution in [0.15, 0.2) is 18.2 Å². The van der Waals surface area contributed by atoms with Crippen molar-refractivity contribution in [3.8, 4) is 0 Å². The molecule has 0 aromatic heterocycles. The Morgan fingerprint density at radius 3 is 2.00 bits per heavy atom. The minimum Gasteiger partial charge on any atom is -0.380 e. The van der Waals surface area contributed by atoms with Gasteiger partial charge in [-0.3, -0.25) is 0 Å². The minimum atomic E-state index is -0.887. The molecule has 0 spiro atoms. The molecule has 0 atom stereocenters. The molecule has 0 heterocycles. The molecule has 1 aromatic rings. The maximum absolute atomic E-state index is 13.1. The van der Waals surface area contributed by atoms with E-state index >= 15 is 0 Å². The largest absolute Gasteiger partial charge is 0.380 e. The van der Waals surface area contributed by atoms with Crippen LogP contribution in [0.3, 0.4) is 0 Å². The van der Waals surface area contributed by atoms with Gasteiger partial charge in [-0.15, -0.1) is 0 Å². The Labute approximate surface area is 140 Å². The first-order valence-corrected chi connectivity index (χ1v) is 9.15. The summed E-state index contributed by atoms with van der Waals surface area (Å²) in [5.74, 6) is -1.91. The molecule has 1 aromatic carbocycles. The van der Waals surface area contributed by atoms with Crippen LogP contribution in [0.1, 0.15) is 51.5 Å². The van der Waals surface area contributed by atoms with Gasteiger partial charge in [0.25, 0.3) is 5.97 Å². The molecule has 0 saturated heterocycles. The summed E-state index contributed by atoms with van der Waals surface area (Å²) in [6.07, 6.45) is 5.22. The van der Waals surface area contributed by atoms with Gasteiger partial charge in [-0.1, -0.05) is 12.8 Å². The molecule has 0 aliphatic heterocycles. The molecule has 0 N–H and O–H groups in total. The molecule has 0 fully saturated rings. The van der Waals surface area contributed by atoms with Crippen molar-refractivity contribution in [1.29, 1.82) is 0 Å². The van der Waals surface area contributed by atoms with E-state index < -0.39 is 17.6 Å². The standard InChI is InChI=1S/C17H28F2O3Si/c1-3-20-17(22-23,21-4-2)10-8-6-5-7-9-14-11-15(18)13-16(19)12-14/h11-13H,3-10H2,1-2,23H3. The zero-order valence-corrected chi connectivity index (χ0v) is 16.4. The van der Waals surface area contributed by atoms with Gasteiger partial charge in [0.15, 0.2) is 10.5 Å². The number of hydrogen-bond donors (Lipinski definition) is 0. The van der Waals surface area contributed by atoms with Crippen molar-refractivity contribution in [2.24, 2.45) is 0 Å². The molecule has 3 nitrogen and oxygen atoms in total. The normalized spacial score (nSPS) is 12.0. The minimum absolute atomic E-state index is 0.512. The van der Waals surface area contributed by atoms with Crippen LogP contribution in [0.2, 0.25) is 0 Å². The number of unbranched alkanes of at least 4 members (excludes halogenated alkanes) is 3. The van der Waals surface area contributed by atoms with E-state index in [0.29, 0.717) is 42.1 Å². The van der Waals surface area contributed by atoms with Crippen molar-refractivity contribution < 1.29 is 22.7 Å². The number of rotatable bonds is 12. The molecule has 132 valence electrons. The van der Waals surface area contributed by atoms with Gasteiger partial charge in [-0.25, -0.2) is 8.78 Å². The van der Waals surface area contributed by atoms with Crippen molar-refractivity contribution in [3.05, 3.63) is 35.4 Å². The highest BCUT2D eigenvalue weighted by molar-refractivity contribution is 5.98. The molecule has 0 aliphatic carbocycles. The lowest BCUT2D eigenvalue weighted by atomic mass is 10.0. The first-order valence-electron chi connectivity index (χ1n) is 8.33. The highest BCUT2D eigenvalue weighted by Gasteiger charge is 2.29. The summed E-state index contributed by atoms with van der Waals surface area (Å²) in [5, 5.41) is 0. The quantitative estimate of drug-likeness (QED) is 0.329. The van der Waals surface area contributed by atoms with E-state index in [4.69, 9.17) is 13.9 Å². The second-order valence-electron chi connectivity index (χ2n) is 5.45. The van der Waals surface area contributed by atoms with Crippen LogP contribution in [0.25, 0.3) is 0 Å². The fourth-order valence-electron chi connectivity index (χ4n) is 2.63. The van der Waals surface area contributed by atoms with Crippen LogP contribution in [0.4, 0.5) is 8.78 Å². The average molecular weight is 346 g/mol. The maximum Gasteiger partial charge on any atom is 0.272 e. The average Bonchev–Trinajstić information content (AvgIpc) is 2.50. The first kappa shape index (κ1) is 20.2. The van der Waals surface area contributed by atoms with E-state index in [-0.39, 0.29) is 0 Å². The number of hydrogen-bond acceptors (Lipinski definition) is 3. The van der Waals surface area contributed by atoms with Crippen molar-refractivity contribution in [1.82, 2.24) is 0 Å².